The highest BCUT2D eigenvalue weighted by molar-refractivity contribution is 6.04. The number of para-hydroxylation sites is 1. The van der Waals surface area contributed by atoms with Crippen molar-refractivity contribution in [1.82, 2.24) is 15.3 Å². The fourth-order valence-corrected chi connectivity index (χ4v) is 2.59. The Hall–Kier alpha value is -2.50. The maximum atomic E-state index is 12.3. The highest BCUT2D eigenvalue weighted by atomic mass is 16.4. The van der Waals surface area contributed by atoms with E-state index in [1.54, 1.807) is 24.4 Å². The van der Waals surface area contributed by atoms with Gasteiger partial charge in [-0.1, -0.05) is 12.5 Å². The molecule has 0 radical (unpaired) electrons. The van der Waals surface area contributed by atoms with Gasteiger partial charge in [0.1, 0.15) is 5.52 Å². The summed E-state index contributed by atoms with van der Waals surface area (Å²) in [5, 5.41) is 12.0. The molecule has 1 fully saturated rings. The zero-order valence-electron chi connectivity index (χ0n) is 11.4. The minimum Gasteiger partial charge on any atom is -0.481 e. The van der Waals surface area contributed by atoms with Crippen molar-refractivity contribution in [3.05, 3.63) is 36.2 Å². The number of carboxylic acid groups (broad SMARTS) is 1. The molecule has 1 aliphatic rings. The van der Waals surface area contributed by atoms with Gasteiger partial charge in [0, 0.05) is 18.9 Å². The third-order valence-corrected chi connectivity index (χ3v) is 4.09. The molecule has 2 N–H and O–H groups in total. The van der Waals surface area contributed by atoms with Crippen LogP contribution in [0.2, 0.25) is 0 Å². The standard InChI is InChI=1S/C15H15N3O3/c19-13(18-9-15(14(20)21)5-2-6-15)10-3-1-4-11-12(10)17-8-7-16-11/h1,3-4,7-8H,2,5-6,9H2,(H,18,19)(H,20,21). The van der Waals surface area contributed by atoms with Crippen LogP contribution in [0.3, 0.4) is 0 Å². The SMILES string of the molecule is O=C(NCC1(C(=O)O)CCC1)c1cccc2nccnc12. The summed E-state index contributed by atoms with van der Waals surface area (Å²) in [5.41, 5.74) is 0.782. The van der Waals surface area contributed by atoms with E-state index in [4.69, 9.17) is 0 Å². The Kier molecular flexibility index (Phi) is 3.29. The average molecular weight is 285 g/mol. The molecule has 1 heterocycles. The number of carboxylic acids is 1. The number of carbonyl (C=O) groups is 2. The summed E-state index contributed by atoms with van der Waals surface area (Å²) in [5.74, 6) is -1.15. The van der Waals surface area contributed by atoms with Crippen LogP contribution in [0.4, 0.5) is 0 Å². The number of rotatable bonds is 4. The third kappa shape index (κ3) is 2.33. The molecule has 0 unspecified atom stereocenters. The Morgan fingerprint density at radius 3 is 2.67 bits per heavy atom. The Labute approximate surface area is 121 Å². The molecule has 1 amide bonds. The van der Waals surface area contributed by atoms with Gasteiger partial charge in [0.2, 0.25) is 0 Å². The Bertz CT molecular complexity index is 705. The lowest BCUT2D eigenvalue weighted by Gasteiger charge is -2.37. The van der Waals surface area contributed by atoms with Crippen molar-refractivity contribution >= 4 is 22.9 Å². The first-order chi connectivity index (χ1) is 10.1. The molecular weight excluding hydrogens is 270 g/mol. The molecule has 0 saturated heterocycles. The summed E-state index contributed by atoms with van der Waals surface area (Å²) in [4.78, 5) is 31.9. The molecule has 2 aromatic rings. The first-order valence-electron chi connectivity index (χ1n) is 6.84. The molecule has 6 heteroatoms. The second-order valence-electron chi connectivity index (χ2n) is 5.35. The van der Waals surface area contributed by atoms with Crippen molar-refractivity contribution in [2.75, 3.05) is 6.54 Å². The van der Waals surface area contributed by atoms with E-state index >= 15 is 0 Å². The lowest BCUT2D eigenvalue weighted by atomic mass is 9.69. The van der Waals surface area contributed by atoms with Crippen LogP contribution in [0, 0.1) is 5.41 Å². The molecule has 1 aliphatic carbocycles. The quantitative estimate of drug-likeness (QED) is 0.890. The van der Waals surface area contributed by atoms with Crippen LogP contribution in [-0.2, 0) is 4.79 Å². The fourth-order valence-electron chi connectivity index (χ4n) is 2.59. The summed E-state index contributed by atoms with van der Waals surface area (Å²) in [7, 11) is 0. The predicted octanol–water partition coefficient (Wildman–Crippen LogP) is 1.61. The molecule has 21 heavy (non-hydrogen) atoms. The number of fused-ring (bicyclic) bond motifs is 1. The summed E-state index contributed by atoms with van der Waals surface area (Å²) in [6.45, 7) is 0.151. The predicted molar refractivity (Wildman–Crippen MR) is 75.8 cm³/mol. The van der Waals surface area contributed by atoms with Gasteiger partial charge in [-0.2, -0.15) is 0 Å². The molecule has 3 rings (SSSR count). The van der Waals surface area contributed by atoms with E-state index in [9.17, 15) is 14.7 Å². The molecule has 0 aliphatic heterocycles. The number of nitrogens with zero attached hydrogens (tertiary/aromatic N) is 2. The highest BCUT2D eigenvalue weighted by Crippen LogP contribution is 2.40. The van der Waals surface area contributed by atoms with Crippen LogP contribution in [0.25, 0.3) is 11.0 Å². The van der Waals surface area contributed by atoms with Crippen LogP contribution in [0.1, 0.15) is 29.6 Å². The molecule has 1 aromatic carbocycles. The van der Waals surface area contributed by atoms with Crippen molar-refractivity contribution in [1.29, 1.82) is 0 Å². The Morgan fingerprint density at radius 2 is 2.00 bits per heavy atom. The minimum absolute atomic E-state index is 0.151. The number of nitrogens with one attached hydrogen (secondary N) is 1. The molecule has 108 valence electrons. The molecule has 0 spiro atoms. The van der Waals surface area contributed by atoms with Gasteiger partial charge in [0.15, 0.2) is 0 Å². The number of hydrogen-bond acceptors (Lipinski definition) is 4. The lowest BCUT2D eigenvalue weighted by Crippen LogP contribution is -2.47. The average Bonchev–Trinajstić information content (AvgIpc) is 2.45. The number of aliphatic carboxylic acids is 1. The molecular formula is C15H15N3O3. The summed E-state index contributed by atoms with van der Waals surface area (Å²) >= 11 is 0. The van der Waals surface area contributed by atoms with Crippen molar-refractivity contribution in [3.8, 4) is 0 Å². The summed E-state index contributed by atoms with van der Waals surface area (Å²) < 4.78 is 0. The lowest BCUT2D eigenvalue weighted by molar-refractivity contribution is -0.153. The second kappa shape index (κ2) is 5.12. The van der Waals surface area contributed by atoms with Gasteiger partial charge >= 0.3 is 5.97 Å². The zero-order valence-corrected chi connectivity index (χ0v) is 11.4. The van der Waals surface area contributed by atoms with E-state index in [1.807, 2.05) is 0 Å². The van der Waals surface area contributed by atoms with Crippen LogP contribution in [-0.4, -0.2) is 33.5 Å². The van der Waals surface area contributed by atoms with Gasteiger partial charge in [0.05, 0.1) is 16.5 Å². The van der Waals surface area contributed by atoms with Crippen molar-refractivity contribution in [2.24, 2.45) is 5.41 Å². The fraction of sp³-hybridized carbons (Fsp3) is 0.333. The first-order valence-corrected chi connectivity index (χ1v) is 6.84. The molecule has 0 atom stereocenters. The first kappa shape index (κ1) is 13.5. The number of benzene rings is 1. The van der Waals surface area contributed by atoms with Gasteiger partial charge in [-0.15, -0.1) is 0 Å². The van der Waals surface area contributed by atoms with Crippen LogP contribution >= 0.6 is 0 Å². The monoisotopic (exact) mass is 285 g/mol. The minimum atomic E-state index is -0.841. The van der Waals surface area contributed by atoms with Crippen LogP contribution in [0.15, 0.2) is 30.6 Å². The van der Waals surface area contributed by atoms with E-state index in [0.717, 1.165) is 6.42 Å². The van der Waals surface area contributed by atoms with Gasteiger partial charge in [-0.25, -0.2) is 0 Å². The topological polar surface area (TPSA) is 92.2 Å². The van der Waals surface area contributed by atoms with Crippen molar-refractivity contribution in [3.63, 3.8) is 0 Å². The second-order valence-corrected chi connectivity index (χ2v) is 5.35. The van der Waals surface area contributed by atoms with Gasteiger partial charge < -0.3 is 10.4 Å². The summed E-state index contributed by atoms with van der Waals surface area (Å²) in [6.07, 6.45) is 5.21. The van der Waals surface area contributed by atoms with Crippen LogP contribution in [0.5, 0.6) is 0 Å². The Balaban J connectivity index is 1.80. The maximum Gasteiger partial charge on any atom is 0.311 e. The molecule has 6 nitrogen and oxygen atoms in total. The van der Waals surface area contributed by atoms with E-state index < -0.39 is 11.4 Å². The van der Waals surface area contributed by atoms with E-state index in [-0.39, 0.29) is 12.5 Å². The van der Waals surface area contributed by atoms with Gasteiger partial charge in [-0.05, 0) is 25.0 Å². The normalized spacial score (nSPS) is 16.2. The van der Waals surface area contributed by atoms with E-state index in [1.165, 1.54) is 6.20 Å². The van der Waals surface area contributed by atoms with Crippen molar-refractivity contribution < 1.29 is 14.7 Å². The number of aromatic nitrogens is 2. The molecule has 1 aromatic heterocycles. The molecule has 0 bridgehead atoms. The highest BCUT2D eigenvalue weighted by Gasteiger charge is 2.44. The third-order valence-electron chi connectivity index (χ3n) is 4.09. The van der Waals surface area contributed by atoms with Crippen LogP contribution < -0.4 is 5.32 Å². The number of carbonyl (C=O) groups excluding carboxylic acids is 1. The van der Waals surface area contributed by atoms with E-state index in [0.29, 0.717) is 29.4 Å². The van der Waals surface area contributed by atoms with Gasteiger partial charge in [-0.3, -0.25) is 19.6 Å². The number of amides is 1. The van der Waals surface area contributed by atoms with Crippen molar-refractivity contribution in [2.45, 2.75) is 19.3 Å². The van der Waals surface area contributed by atoms with Gasteiger partial charge in [0.25, 0.3) is 5.91 Å². The number of hydrogen-bond donors (Lipinski definition) is 2. The largest absolute Gasteiger partial charge is 0.481 e. The summed E-state index contributed by atoms with van der Waals surface area (Å²) in [6, 6.07) is 5.19. The molecule has 1 saturated carbocycles. The smallest absolute Gasteiger partial charge is 0.311 e. The zero-order chi connectivity index (χ0) is 14.9. The Morgan fingerprint density at radius 1 is 1.24 bits per heavy atom. The van der Waals surface area contributed by atoms with E-state index in [2.05, 4.69) is 15.3 Å². The maximum absolute atomic E-state index is 12.3.